The number of nitrogen functional groups attached to an aromatic ring is 1. The van der Waals surface area contributed by atoms with Crippen molar-refractivity contribution < 1.29 is 4.74 Å². The summed E-state index contributed by atoms with van der Waals surface area (Å²) in [6, 6.07) is 5.84. The van der Waals surface area contributed by atoms with Crippen molar-refractivity contribution >= 4 is 5.69 Å². The molecular formula is C24H42N2O. The average molecular weight is 375 g/mol. The molecule has 0 aromatic heterocycles. The molecule has 1 unspecified atom stereocenters. The van der Waals surface area contributed by atoms with E-state index in [0.29, 0.717) is 12.4 Å². The van der Waals surface area contributed by atoms with Crippen LogP contribution in [0.5, 0.6) is 0 Å². The molecule has 0 spiro atoms. The lowest BCUT2D eigenvalue weighted by molar-refractivity contribution is 0.244. The van der Waals surface area contributed by atoms with Crippen LogP contribution in [0.4, 0.5) is 5.69 Å². The summed E-state index contributed by atoms with van der Waals surface area (Å²) in [6.07, 6.45) is 11.9. The van der Waals surface area contributed by atoms with Crippen LogP contribution in [0.15, 0.2) is 42.7 Å². The van der Waals surface area contributed by atoms with Gasteiger partial charge < -0.3 is 16.2 Å². The zero-order valence-electron chi connectivity index (χ0n) is 18.3. The summed E-state index contributed by atoms with van der Waals surface area (Å²) in [5, 5.41) is 0. The van der Waals surface area contributed by atoms with Gasteiger partial charge in [0.05, 0.1) is 6.61 Å². The molecule has 1 aliphatic rings. The third-order valence-corrected chi connectivity index (χ3v) is 4.58. The van der Waals surface area contributed by atoms with Gasteiger partial charge >= 0.3 is 0 Å². The molecule has 27 heavy (non-hydrogen) atoms. The molecular weight excluding hydrogens is 332 g/mol. The van der Waals surface area contributed by atoms with Gasteiger partial charge in [0.2, 0.25) is 0 Å². The topological polar surface area (TPSA) is 61.3 Å². The van der Waals surface area contributed by atoms with Gasteiger partial charge in [-0.05, 0) is 55.5 Å². The van der Waals surface area contributed by atoms with E-state index in [1.165, 1.54) is 43.2 Å². The number of aryl methyl sites for hydroxylation is 1. The van der Waals surface area contributed by atoms with E-state index < -0.39 is 0 Å². The number of rotatable bonds is 6. The Morgan fingerprint density at radius 1 is 1.26 bits per heavy atom. The first-order chi connectivity index (χ1) is 12.9. The lowest BCUT2D eigenvalue weighted by atomic mass is 9.91. The van der Waals surface area contributed by atoms with Crippen molar-refractivity contribution in [2.24, 2.45) is 11.7 Å². The van der Waals surface area contributed by atoms with Gasteiger partial charge in [-0.25, -0.2) is 0 Å². The molecule has 2 rings (SSSR count). The second kappa shape index (κ2) is 15.3. The van der Waals surface area contributed by atoms with Crippen LogP contribution in [0.2, 0.25) is 0 Å². The van der Waals surface area contributed by atoms with E-state index >= 15 is 0 Å². The predicted octanol–water partition coefficient (Wildman–Crippen LogP) is 6.17. The molecule has 1 saturated carbocycles. The molecule has 0 saturated heterocycles. The largest absolute Gasteiger partial charge is 0.495 e. The summed E-state index contributed by atoms with van der Waals surface area (Å²) in [6.45, 7) is 14.7. The lowest BCUT2D eigenvalue weighted by Gasteiger charge is -2.15. The van der Waals surface area contributed by atoms with E-state index in [9.17, 15) is 0 Å². The van der Waals surface area contributed by atoms with Crippen molar-refractivity contribution in [2.75, 3.05) is 12.3 Å². The fraction of sp³-hybridized carbons (Fsp3) is 0.583. The number of hydrogen-bond acceptors (Lipinski definition) is 3. The van der Waals surface area contributed by atoms with Crippen molar-refractivity contribution in [1.29, 1.82) is 0 Å². The van der Waals surface area contributed by atoms with Gasteiger partial charge in [-0.2, -0.15) is 0 Å². The second-order valence-electron chi connectivity index (χ2n) is 7.06. The number of allylic oxidation sites excluding steroid dienone is 1. The normalized spacial score (nSPS) is 15.2. The first-order valence-corrected chi connectivity index (χ1v) is 10.5. The molecule has 0 radical (unpaired) electrons. The molecule has 1 fully saturated rings. The molecule has 0 bridgehead atoms. The van der Waals surface area contributed by atoms with Crippen LogP contribution in [-0.4, -0.2) is 12.6 Å². The van der Waals surface area contributed by atoms with Gasteiger partial charge in [-0.15, -0.1) is 0 Å². The maximum absolute atomic E-state index is 6.04. The predicted molar refractivity (Wildman–Crippen MR) is 121 cm³/mol. The van der Waals surface area contributed by atoms with Gasteiger partial charge in [0, 0.05) is 11.7 Å². The Kier molecular flexibility index (Phi) is 14.3. The number of benzene rings is 1. The van der Waals surface area contributed by atoms with Crippen LogP contribution < -0.4 is 11.5 Å². The Morgan fingerprint density at radius 3 is 2.37 bits per heavy atom. The minimum absolute atomic E-state index is 0.0514. The van der Waals surface area contributed by atoms with E-state index in [2.05, 4.69) is 13.5 Å². The quantitative estimate of drug-likeness (QED) is 0.356. The van der Waals surface area contributed by atoms with Crippen LogP contribution in [0.1, 0.15) is 70.9 Å². The Bertz CT molecular complexity index is 545. The molecule has 1 aliphatic carbocycles. The fourth-order valence-electron chi connectivity index (χ4n) is 3.04. The van der Waals surface area contributed by atoms with E-state index in [1.54, 1.807) is 0 Å². The smallest absolute Gasteiger partial charge is 0.111 e. The number of hydrogen-bond donors (Lipinski definition) is 2. The highest BCUT2D eigenvalue weighted by atomic mass is 16.5. The minimum atomic E-state index is -0.0514. The molecule has 154 valence electrons. The van der Waals surface area contributed by atoms with Crippen LogP contribution in [-0.2, 0) is 11.2 Å². The van der Waals surface area contributed by atoms with Gasteiger partial charge in [0.1, 0.15) is 5.76 Å². The Balaban J connectivity index is 0.000000621. The summed E-state index contributed by atoms with van der Waals surface area (Å²) in [5.41, 5.74) is 14.9. The van der Waals surface area contributed by atoms with Gasteiger partial charge in [-0.1, -0.05) is 71.6 Å². The lowest BCUT2D eigenvalue weighted by Crippen LogP contribution is -2.20. The summed E-state index contributed by atoms with van der Waals surface area (Å²) >= 11 is 0. The van der Waals surface area contributed by atoms with Gasteiger partial charge in [0.25, 0.3) is 0 Å². The van der Waals surface area contributed by atoms with Crippen LogP contribution in [0.25, 0.3) is 0 Å². The first kappa shape index (κ1) is 25.3. The zero-order chi connectivity index (χ0) is 20.7. The number of ether oxygens (including phenoxy) is 1. The maximum atomic E-state index is 6.04. The van der Waals surface area contributed by atoms with Crippen LogP contribution in [0.3, 0.4) is 0 Å². The highest BCUT2D eigenvalue weighted by molar-refractivity contribution is 5.44. The third-order valence-electron chi connectivity index (χ3n) is 4.58. The summed E-state index contributed by atoms with van der Waals surface area (Å²) in [7, 11) is 0. The molecule has 3 nitrogen and oxygen atoms in total. The van der Waals surface area contributed by atoms with E-state index in [1.807, 2.05) is 58.0 Å². The van der Waals surface area contributed by atoms with Crippen LogP contribution >= 0.6 is 0 Å². The highest BCUT2D eigenvalue weighted by Crippen LogP contribution is 2.22. The Labute approximate surface area is 167 Å². The molecule has 0 heterocycles. The van der Waals surface area contributed by atoms with Gasteiger partial charge in [0.15, 0.2) is 0 Å². The molecule has 1 atom stereocenters. The van der Waals surface area contributed by atoms with Crippen molar-refractivity contribution in [3.05, 3.63) is 53.8 Å². The van der Waals surface area contributed by atoms with E-state index in [4.69, 9.17) is 16.2 Å². The van der Waals surface area contributed by atoms with Crippen LogP contribution in [0, 0.1) is 12.8 Å². The number of anilines is 1. The fourth-order valence-corrected chi connectivity index (χ4v) is 3.04. The average Bonchev–Trinajstić information content (AvgIpc) is 2.65. The van der Waals surface area contributed by atoms with Gasteiger partial charge in [-0.3, -0.25) is 0 Å². The van der Waals surface area contributed by atoms with E-state index in [-0.39, 0.29) is 6.04 Å². The van der Waals surface area contributed by atoms with Crippen molar-refractivity contribution in [1.82, 2.24) is 0 Å². The van der Waals surface area contributed by atoms with Crippen molar-refractivity contribution in [2.45, 2.75) is 79.2 Å². The summed E-state index contributed by atoms with van der Waals surface area (Å²) < 4.78 is 5.23. The summed E-state index contributed by atoms with van der Waals surface area (Å²) in [5.74, 6) is 1.68. The Morgan fingerprint density at radius 2 is 1.89 bits per heavy atom. The highest BCUT2D eigenvalue weighted by Gasteiger charge is 2.06. The molecule has 3 heteroatoms. The van der Waals surface area contributed by atoms with Crippen molar-refractivity contribution in [3.63, 3.8) is 0 Å². The Hall–Kier alpha value is -1.74. The van der Waals surface area contributed by atoms with E-state index in [0.717, 1.165) is 18.0 Å². The standard InChI is InChI=1S/C15H22N2O.C7H14.C2H6/c1-4-18-12(3)5-7-15(17)10-13-6-8-14(16)9-11(13)2;1-7-5-3-2-4-6-7;1-2/h5-9,15H,3-4,10,16-17H2,1-2H3;7H,2-6H2,1H3;1-2H3/b7-5-;;. The molecule has 1 aromatic carbocycles. The summed E-state index contributed by atoms with van der Waals surface area (Å²) in [4.78, 5) is 0. The SMILES string of the molecule is C=C(/C=C\C(N)Cc1ccc(N)cc1C)OCC.CC.CC1CCCCC1. The zero-order valence-corrected chi connectivity index (χ0v) is 18.3. The first-order valence-electron chi connectivity index (χ1n) is 10.5. The number of nitrogens with two attached hydrogens (primary N) is 2. The third kappa shape index (κ3) is 12.3. The van der Waals surface area contributed by atoms with Crippen molar-refractivity contribution in [3.8, 4) is 0 Å². The second-order valence-corrected chi connectivity index (χ2v) is 7.06. The molecule has 1 aromatic rings. The molecule has 0 aliphatic heterocycles. The monoisotopic (exact) mass is 374 g/mol. The minimum Gasteiger partial charge on any atom is -0.495 e. The molecule has 4 N–H and O–H groups in total. The molecule has 0 amide bonds. The maximum Gasteiger partial charge on any atom is 0.111 e.